The van der Waals surface area contributed by atoms with Crippen molar-refractivity contribution < 1.29 is 28.7 Å². The smallest absolute Gasteiger partial charge is 0.407 e. The summed E-state index contributed by atoms with van der Waals surface area (Å²) in [7, 11) is 2.53. The van der Waals surface area contributed by atoms with Crippen LogP contribution in [0.15, 0.2) is 55.0 Å². The number of hydrogen-bond donors (Lipinski definition) is 5. The summed E-state index contributed by atoms with van der Waals surface area (Å²) in [6, 6.07) is 11.7. The molecule has 0 saturated heterocycles. The van der Waals surface area contributed by atoms with Crippen LogP contribution in [0.3, 0.4) is 0 Å². The number of carbonyl (C=O) groups is 4. The van der Waals surface area contributed by atoms with E-state index in [4.69, 9.17) is 4.74 Å². The zero-order valence-electron chi connectivity index (χ0n) is 35.2. The van der Waals surface area contributed by atoms with E-state index in [1.54, 1.807) is 22.2 Å². The van der Waals surface area contributed by atoms with Crippen molar-refractivity contribution in [3.05, 3.63) is 72.2 Å². The van der Waals surface area contributed by atoms with Gasteiger partial charge in [0.25, 0.3) is 0 Å². The molecule has 1 unspecified atom stereocenters. The minimum Gasteiger partial charge on any atom is -0.453 e. The number of benzene rings is 2. The summed E-state index contributed by atoms with van der Waals surface area (Å²) < 4.78 is 9.33. The van der Waals surface area contributed by atoms with Gasteiger partial charge in [0.1, 0.15) is 24.2 Å². The Morgan fingerprint density at radius 3 is 1.91 bits per heavy atom. The number of rotatable bonds is 16. The molecule has 0 aliphatic heterocycles. The van der Waals surface area contributed by atoms with Gasteiger partial charge in [-0.2, -0.15) is 0 Å². The minimum absolute atomic E-state index is 0.134. The van der Waals surface area contributed by atoms with Crippen LogP contribution in [-0.2, 0) is 32.2 Å². The quantitative estimate of drug-likeness (QED) is 0.0676. The number of amides is 4. The summed E-state index contributed by atoms with van der Waals surface area (Å²) in [6.07, 6.45) is 6.99. The van der Waals surface area contributed by atoms with E-state index in [1.807, 2.05) is 46.0 Å². The molecular formula is C43H59N9O6. The number of carbonyl (C=O) groups excluding carboxylic acids is 4. The lowest BCUT2D eigenvalue weighted by atomic mass is 9.95. The van der Waals surface area contributed by atoms with E-state index < -0.39 is 18.2 Å². The summed E-state index contributed by atoms with van der Waals surface area (Å²) >= 11 is 0. The highest BCUT2D eigenvalue weighted by Crippen LogP contribution is 2.37. The zero-order valence-corrected chi connectivity index (χ0v) is 35.2. The van der Waals surface area contributed by atoms with Crippen LogP contribution in [0.4, 0.5) is 9.59 Å². The largest absolute Gasteiger partial charge is 0.453 e. The first-order chi connectivity index (χ1) is 27.9. The van der Waals surface area contributed by atoms with Crippen LogP contribution < -0.4 is 10.6 Å². The van der Waals surface area contributed by atoms with E-state index in [2.05, 4.69) is 85.3 Å². The van der Waals surface area contributed by atoms with E-state index >= 15 is 0 Å². The van der Waals surface area contributed by atoms with E-state index in [-0.39, 0.29) is 37.4 Å². The number of methoxy groups -OCH3 is 2. The Balaban J connectivity index is 0.00000240. The molecule has 312 valence electrons. The number of aromatic nitrogens is 5. The van der Waals surface area contributed by atoms with Gasteiger partial charge in [-0.3, -0.25) is 9.59 Å². The van der Waals surface area contributed by atoms with E-state index in [1.165, 1.54) is 20.6 Å². The van der Waals surface area contributed by atoms with Crippen molar-refractivity contribution >= 4 is 34.9 Å². The third-order valence-corrected chi connectivity index (χ3v) is 9.38. The Kier molecular flexibility index (Phi) is 16.5. The van der Waals surface area contributed by atoms with Gasteiger partial charge in [-0.05, 0) is 47.9 Å². The Bertz CT molecular complexity index is 2120. The van der Waals surface area contributed by atoms with Gasteiger partial charge in [-0.25, -0.2) is 19.6 Å². The average Bonchev–Trinajstić information content (AvgIpc) is 3.99. The van der Waals surface area contributed by atoms with Crippen LogP contribution in [0.5, 0.6) is 0 Å². The molecule has 5 N–H and O–H groups in total. The van der Waals surface area contributed by atoms with Crippen molar-refractivity contribution in [3.8, 4) is 33.6 Å². The fraction of sp³-hybridized carbons (Fsp3) is 0.442. The Morgan fingerprint density at radius 1 is 0.759 bits per heavy atom. The predicted octanol–water partition coefficient (Wildman–Crippen LogP) is 7.55. The van der Waals surface area contributed by atoms with Gasteiger partial charge in [-0.15, -0.1) is 0 Å². The van der Waals surface area contributed by atoms with Crippen LogP contribution in [0.1, 0.15) is 78.0 Å². The maximum absolute atomic E-state index is 13.6. The van der Waals surface area contributed by atoms with Crippen LogP contribution >= 0.6 is 0 Å². The lowest BCUT2D eigenvalue weighted by Gasteiger charge is -2.28. The highest BCUT2D eigenvalue weighted by molar-refractivity contribution is 6.04. The van der Waals surface area contributed by atoms with E-state index in [9.17, 15) is 19.2 Å². The number of nitrogens with one attached hydrogen (secondary N) is 5. The van der Waals surface area contributed by atoms with Gasteiger partial charge >= 0.3 is 12.2 Å². The number of aromatic amines is 3. The molecule has 0 fully saturated rings. The molecule has 5 aromatic rings. The molecule has 5 rings (SSSR count). The van der Waals surface area contributed by atoms with Crippen molar-refractivity contribution in [2.75, 3.05) is 33.9 Å². The molecule has 0 saturated carbocycles. The number of nitrogens with zero attached hydrogens (tertiary/aromatic N) is 4. The molecule has 15 nitrogen and oxygen atoms in total. The second-order valence-corrected chi connectivity index (χ2v) is 14.4. The molecule has 0 spiro atoms. The van der Waals surface area contributed by atoms with Gasteiger partial charge in [0.15, 0.2) is 0 Å². The van der Waals surface area contributed by atoms with Gasteiger partial charge in [-0.1, -0.05) is 84.4 Å². The highest BCUT2D eigenvalue weighted by Gasteiger charge is 2.29. The Morgan fingerprint density at radius 2 is 1.31 bits per heavy atom. The summed E-state index contributed by atoms with van der Waals surface area (Å²) in [5.41, 5.74) is 7.71. The number of fused-ring (bicyclic) bond motifs is 1. The molecule has 15 heteroatoms. The monoisotopic (exact) mass is 797 g/mol. The van der Waals surface area contributed by atoms with Crippen molar-refractivity contribution in [3.63, 3.8) is 0 Å². The number of hydrogen-bond acceptors (Lipinski definition) is 8. The van der Waals surface area contributed by atoms with Crippen molar-refractivity contribution in [2.45, 2.75) is 86.9 Å². The zero-order chi connectivity index (χ0) is 42.4. The molecule has 0 aliphatic carbocycles. The summed E-state index contributed by atoms with van der Waals surface area (Å²) in [6.45, 7) is 15.5. The average molecular weight is 798 g/mol. The standard InChI is InChI=1S/C40H51N9O6.C3H8/c1-8-16-48(34(50)21-44-39(52)54-6)22-32-41-19-30(45-32)27-12-10-26(11-13-27)28-14-15-29(37-35(28)25(5)18-43-37)31-20-42-33(46-31)23-49(17-9-2)38(51)36(24(3)4)47-40(53)55-7;1-3-2/h10-15,18-20,24,36,43H,8-9,16-17,21-23H2,1-7H3,(H,41,45)(H,42,46)(H,44,52)(H,47,53);3H2,1-2H3. The molecule has 3 heterocycles. The number of alkyl carbamates (subject to hydrolysis) is 2. The SMILES string of the molecule is CCC.CCCN(Cc1ncc(-c2ccc(-c3ccc(-c4cnc(CN(CCC)C(=O)C(NC(=O)OC)C(C)C)[nH]4)c4[nH]cc(C)c34)cc2)[nH]1)C(=O)CNC(=O)OC. The van der Waals surface area contributed by atoms with Crippen LogP contribution in [0.2, 0.25) is 0 Å². The summed E-state index contributed by atoms with van der Waals surface area (Å²) in [5.74, 6) is 0.724. The molecule has 4 amide bonds. The lowest BCUT2D eigenvalue weighted by Crippen LogP contribution is -2.51. The maximum Gasteiger partial charge on any atom is 0.407 e. The molecule has 0 radical (unpaired) electrons. The molecule has 58 heavy (non-hydrogen) atoms. The third-order valence-electron chi connectivity index (χ3n) is 9.38. The number of imidazole rings is 2. The topological polar surface area (TPSA) is 190 Å². The van der Waals surface area contributed by atoms with Gasteiger partial charge in [0, 0.05) is 30.2 Å². The highest BCUT2D eigenvalue weighted by atomic mass is 16.5. The molecule has 3 aromatic heterocycles. The first kappa shape index (κ1) is 44.6. The Labute approximate surface area is 340 Å². The maximum atomic E-state index is 13.6. The second-order valence-electron chi connectivity index (χ2n) is 14.4. The molecule has 0 aliphatic rings. The van der Waals surface area contributed by atoms with Crippen molar-refractivity contribution in [1.82, 2.24) is 45.4 Å². The first-order valence-corrected chi connectivity index (χ1v) is 19.9. The first-order valence-electron chi connectivity index (χ1n) is 19.9. The number of H-pyrrole nitrogens is 3. The summed E-state index contributed by atoms with van der Waals surface area (Å²) in [5, 5.41) is 6.21. The van der Waals surface area contributed by atoms with Crippen LogP contribution in [-0.4, -0.2) is 98.6 Å². The second kappa shape index (κ2) is 21.4. The molecule has 2 aromatic carbocycles. The molecule has 1 atom stereocenters. The van der Waals surface area contributed by atoms with E-state index in [0.717, 1.165) is 62.9 Å². The predicted molar refractivity (Wildman–Crippen MR) is 226 cm³/mol. The fourth-order valence-electron chi connectivity index (χ4n) is 6.57. The van der Waals surface area contributed by atoms with Crippen molar-refractivity contribution in [1.29, 1.82) is 0 Å². The molecule has 0 bridgehead atoms. The normalized spacial score (nSPS) is 11.4. The Hall–Kier alpha value is -6.12. The fourth-order valence-corrected chi connectivity index (χ4v) is 6.57. The van der Waals surface area contributed by atoms with E-state index in [0.29, 0.717) is 24.7 Å². The minimum atomic E-state index is -0.726. The third kappa shape index (κ3) is 11.3. The van der Waals surface area contributed by atoms with Gasteiger partial charge < -0.3 is 44.9 Å². The van der Waals surface area contributed by atoms with Crippen molar-refractivity contribution in [2.24, 2.45) is 5.92 Å². The summed E-state index contributed by atoms with van der Waals surface area (Å²) in [4.78, 5) is 72.5. The number of aryl methyl sites for hydroxylation is 1. The molecular weight excluding hydrogens is 739 g/mol. The van der Waals surface area contributed by atoms with Gasteiger partial charge in [0.2, 0.25) is 11.8 Å². The van der Waals surface area contributed by atoms with Crippen LogP contribution in [0.25, 0.3) is 44.5 Å². The number of ether oxygens (including phenoxy) is 2. The van der Waals surface area contributed by atoms with Crippen LogP contribution in [0, 0.1) is 12.8 Å². The van der Waals surface area contributed by atoms with Gasteiger partial charge in [0.05, 0.1) is 56.6 Å². The lowest BCUT2D eigenvalue weighted by molar-refractivity contribution is -0.135.